The van der Waals surface area contributed by atoms with Crippen molar-refractivity contribution in [3.63, 3.8) is 0 Å². The molecular formula is C16H28N4. The quantitative estimate of drug-likeness (QED) is 0.808. The Bertz CT molecular complexity index is 397. The summed E-state index contributed by atoms with van der Waals surface area (Å²) in [5.74, 6) is 0.537. The summed E-state index contributed by atoms with van der Waals surface area (Å²) < 4.78 is 0. The fourth-order valence-electron chi connectivity index (χ4n) is 2.48. The maximum atomic E-state index is 4.30. The van der Waals surface area contributed by atoms with Crippen molar-refractivity contribution < 1.29 is 0 Å². The summed E-state index contributed by atoms with van der Waals surface area (Å²) in [4.78, 5) is 9.26. The van der Waals surface area contributed by atoms with Gasteiger partial charge in [0.05, 0.1) is 5.69 Å². The molecule has 0 atom stereocenters. The molecule has 1 aromatic heterocycles. The van der Waals surface area contributed by atoms with Crippen molar-refractivity contribution in [1.29, 1.82) is 0 Å². The third kappa shape index (κ3) is 4.76. The number of nitrogens with one attached hydrogen (secondary N) is 1. The summed E-state index contributed by atoms with van der Waals surface area (Å²) in [6.45, 7) is 11.4. The summed E-state index contributed by atoms with van der Waals surface area (Å²) in [5, 5.41) is 3.49. The first-order chi connectivity index (χ1) is 9.65. The second-order valence-electron chi connectivity index (χ2n) is 6.09. The molecule has 0 unspecified atom stereocenters. The molecule has 1 aliphatic rings. The second kappa shape index (κ2) is 7.60. The van der Waals surface area contributed by atoms with Gasteiger partial charge < -0.3 is 15.1 Å². The van der Waals surface area contributed by atoms with E-state index in [1.807, 2.05) is 12.4 Å². The molecule has 20 heavy (non-hydrogen) atoms. The topological polar surface area (TPSA) is 31.4 Å². The van der Waals surface area contributed by atoms with Gasteiger partial charge >= 0.3 is 0 Å². The average molecular weight is 276 g/mol. The smallest absolute Gasteiger partial charge is 0.0529 e. The third-order valence-corrected chi connectivity index (χ3v) is 4.00. The summed E-state index contributed by atoms with van der Waals surface area (Å²) in [5.41, 5.74) is 2.45. The Hall–Kier alpha value is -1.13. The van der Waals surface area contributed by atoms with E-state index in [1.165, 1.54) is 44.7 Å². The van der Waals surface area contributed by atoms with E-state index in [2.05, 4.69) is 47.1 Å². The van der Waals surface area contributed by atoms with Crippen molar-refractivity contribution in [3.8, 4) is 0 Å². The zero-order valence-corrected chi connectivity index (χ0v) is 13.1. The molecule has 2 heterocycles. The van der Waals surface area contributed by atoms with Crippen molar-refractivity contribution in [2.75, 3.05) is 51.6 Å². The minimum Gasteiger partial charge on any atom is -0.384 e. The number of likely N-dealkylation sites (N-methyl/N-ethyl adjacent to an activating group) is 1. The van der Waals surface area contributed by atoms with Gasteiger partial charge in [-0.3, -0.25) is 4.98 Å². The number of piperazine rings is 1. The van der Waals surface area contributed by atoms with Crippen LogP contribution in [-0.4, -0.2) is 61.1 Å². The number of aromatic nitrogens is 1. The largest absolute Gasteiger partial charge is 0.384 e. The van der Waals surface area contributed by atoms with Crippen LogP contribution in [0.2, 0.25) is 0 Å². The minimum atomic E-state index is 0.537. The molecule has 1 fully saturated rings. The van der Waals surface area contributed by atoms with Gasteiger partial charge in [0.15, 0.2) is 0 Å². The molecule has 0 spiro atoms. The molecule has 112 valence electrons. The summed E-state index contributed by atoms with van der Waals surface area (Å²) in [7, 11) is 2.20. The predicted molar refractivity (Wildman–Crippen MR) is 85.4 cm³/mol. The lowest BCUT2D eigenvalue weighted by atomic mass is 10.1. The van der Waals surface area contributed by atoms with Crippen LogP contribution in [0, 0.1) is 0 Å². The van der Waals surface area contributed by atoms with Crippen LogP contribution in [0.3, 0.4) is 0 Å². The predicted octanol–water partition coefficient (Wildman–Crippen LogP) is 2.25. The van der Waals surface area contributed by atoms with Gasteiger partial charge in [0.25, 0.3) is 0 Å². The van der Waals surface area contributed by atoms with Gasteiger partial charge in [0.1, 0.15) is 0 Å². The minimum absolute atomic E-state index is 0.537. The standard InChI is InChI=1S/C16H28N4/c1-14(2)15-11-16(13-17-12-15)18-5-4-6-20-9-7-19(3)8-10-20/h11-14,18H,4-10H2,1-3H3. The normalized spacial score (nSPS) is 17.6. The molecular weight excluding hydrogens is 248 g/mol. The van der Waals surface area contributed by atoms with Crippen molar-refractivity contribution >= 4 is 5.69 Å². The first-order valence-corrected chi connectivity index (χ1v) is 7.75. The van der Waals surface area contributed by atoms with Crippen LogP contribution in [0.5, 0.6) is 0 Å². The Morgan fingerprint density at radius 2 is 1.95 bits per heavy atom. The fraction of sp³-hybridized carbons (Fsp3) is 0.688. The van der Waals surface area contributed by atoms with E-state index in [1.54, 1.807) is 0 Å². The highest BCUT2D eigenvalue weighted by molar-refractivity contribution is 5.43. The molecule has 0 saturated carbocycles. The number of hydrogen-bond acceptors (Lipinski definition) is 4. The van der Waals surface area contributed by atoms with Crippen molar-refractivity contribution in [2.45, 2.75) is 26.2 Å². The van der Waals surface area contributed by atoms with Gasteiger partial charge in [0, 0.05) is 45.1 Å². The molecule has 0 bridgehead atoms. The van der Waals surface area contributed by atoms with Crippen LogP contribution in [0.25, 0.3) is 0 Å². The Labute approximate surface area is 123 Å². The monoisotopic (exact) mass is 276 g/mol. The maximum absolute atomic E-state index is 4.30. The molecule has 1 aromatic rings. The Balaban J connectivity index is 1.67. The fourth-order valence-corrected chi connectivity index (χ4v) is 2.48. The molecule has 1 saturated heterocycles. The number of anilines is 1. The van der Waals surface area contributed by atoms with E-state index >= 15 is 0 Å². The lowest BCUT2D eigenvalue weighted by molar-refractivity contribution is 0.154. The van der Waals surface area contributed by atoms with Gasteiger partial charge in [-0.1, -0.05) is 13.8 Å². The van der Waals surface area contributed by atoms with E-state index in [9.17, 15) is 0 Å². The van der Waals surface area contributed by atoms with E-state index in [0.29, 0.717) is 5.92 Å². The number of rotatable bonds is 6. The molecule has 0 aliphatic carbocycles. The summed E-state index contributed by atoms with van der Waals surface area (Å²) >= 11 is 0. The summed E-state index contributed by atoms with van der Waals surface area (Å²) in [6, 6.07) is 2.22. The highest BCUT2D eigenvalue weighted by Gasteiger charge is 2.12. The number of hydrogen-bond donors (Lipinski definition) is 1. The van der Waals surface area contributed by atoms with E-state index < -0.39 is 0 Å². The van der Waals surface area contributed by atoms with E-state index in [-0.39, 0.29) is 0 Å². The molecule has 0 aromatic carbocycles. The molecule has 0 radical (unpaired) electrons. The lowest BCUT2D eigenvalue weighted by Gasteiger charge is -2.32. The lowest BCUT2D eigenvalue weighted by Crippen LogP contribution is -2.44. The highest BCUT2D eigenvalue weighted by atomic mass is 15.2. The molecule has 1 N–H and O–H groups in total. The van der Waals surface area contributed by atoms with Gasteiger partial charge in [0.2, 0.25) is 0 Å². The number of nitrogens with zero attached hydrogens (tertiary/aromatic N) is 3. The van der Waals surface area contributed by atoms with Crippen LogP contribution < -0.4 is 5.32 Å². The average Bonchev–Trinajstić information content (AvgIpc) is 2.46. The zero-order chi connectivity index (χ0) is 14.4. The van der Waals surface area contributed by atoms with Crippen molar-refractivity contribution in [2.24, 2.45) is 0 Å². The SMILES string of the molecule is CC(C)c1cncc(NCCCN2CCN(C)CC2)c1. The van der Waals surface area contributed by atoms with E-state index in [0.717, 1.165) is 12.2 Å². The Kier molecular flexibility index (Phi) is 5.80. The second-order valence-corrected chi connectivity index (χ2v) is 6.09. The van der Waals surface area contributed by atoms with Crippen molar-refractivity contribution in [1.82, 2.24) is 14.8 Å². The Morgan fingerprint density at radius 1 is 1.20 bits per heavy atom. The molecule has 4 heteroatoms. The Morgan fingerprint density at radius 3 is 2.65 bits per heavy atom. The number of pyridine rings is 1. The van der Waals surface area contributed by atoms with Crippen molar-refractivity contribution in [3.05, 3.63) is 24.0 Å². The van der Waals surface area contributed by atoms with Crippen LogP contribution in [0.1, 0.15) is 31.7 Å². The molecule has 1 aliphatic heterocycles. The third-order valence-electron chi connectivity index (χ3n) is 4.00. The van der Waals surface area contributed by atoms with Crippen LogP contribution in [0.15, 0.2) is 18.5 Å². The maximum Gasteiger partial charge on any atom is 0.0529 e. The first kappa shape index (κ1) is 15.3. The van der Waals surface area contributed by atoms with Gasteiger partial charge in [-0.2, -0.15) is 0 Å². The first-order valence-electron chi connectivity index (χ1n) is 7.75. The van der Waals surface area contributed by atoms with Crippen LogP contribution in [-0.2, 0) is 0 Å². The summed E-state index contributed by atoms with van der Waals surface area (Å²) in [6.07, 6.45) is 5.07. The molecule has 0 amide bonds. The van der Waals surface area contributed by atoms with Gasteiger partial charge in [-0.25, -0.2) is 0 Å². The molecule has 4 nitrogen and oxygen atoms in total. The van der Waals surface area contributed by atoms with Gasteiger partial charge in [-0.15, -0.1) is 0 Å². The molecule has 2 rings (SSSR count). The van der Waals surface area contributed by atoms with Crippen LogP contribution >= 0.6 is 0 Å². The van der Waals surface area contributed by atoms with E-state index in [4.69, 9.17) is 0 Å². The van der Waals surface area contributed by atoms with Gasteiger partial charge in [-0.05, 0) is 37.6 Å². The highest BCUT2D eigenvalue weighted by Crippen LogP contribution is 2.16. The van der Waals surface area contributed by atoms with Crippen LogP contribution in [0.4, 0.5) is 5.69 Å². The zero-order valence-electron chi connectivity index (χ0n) is 13.1.